The van der Waals surface area contributed by atoms with Gasteiger partial charge in [0.1, 0.15) is 0 Å². The van der Waals surface area contributed by atoms with Gasteiger partial charge in [0.25, 0.3) is 5.91 Å². The van der Waals surface area contributed by atoms with Crippen LogP contribution in [-0.4, -0.2) is 48.9 Å². The van der Waals surface area contributed by atoms with E-state index in [0.29, 0.717) is 11.1 Å². The molecular weight excluding hydrogens is 262 g/mol. The highest BCUT2D eigenvalue weighted by Gasteiger charge is 2.18. The summed E-state index contributed by atoms with van der Waals surface area (Å²) in [5.41, 5.74) is 1.25. The zero-order valence-corrected chi connectivity index (χ0v) is 11.8. The Morgan fingerprint density at radius 1 is 1.16 bits per heavy atom. The first kappa shape index (κ1) is 15.5. The van der Waals surface area contributed by atoms with E-state index in [9.17, 15) is 4.79 Å². The van der Waals surface area contributed by atoms with Crippen LogP contribution in [-0.2, 0) is 0 Å². The molecule has 2 rings (SSSR count). The van der Waals surface area contributed by atoms with Crippen molar-refractivity contribution >= 4 is 18.3 Å². The first-order chi connectivity index (χ1) is 8.70. The Labute approximate surface area is 120 Å². The summed E-state index contributed by atoms with van der Waals surface area (Å²) in [4.78, 5) is 16.4. The number of halogens is 1. The van der Waals surface area contributed by atoms with E-state index >= 15 is 0 Å². The summed E-state index contributed by atoms with van der Waals surface area (Å²) < 4.78 is 0. The Morgan fingerprint density at radius 3 is 2.47 bits per heavy atom. The van der Waals surface area contributed by atoms with E-state index in [1.165, 1.54) is 0 Å². The van der Waals surface area contributed by atoms with E-state index < -0.39 is 0 Å². The molecule has 0 bridgehead atoms. The predicted octanol–water partition coefficient (Wildman–Crippen LogP) is 1.76. The lowest BCUT2D eigenvalue weighted by Crippen LogP contribution is -2.34. The van der Waals surface area contributed by atoms with Gasteiger partial charge in [-0.15, -0.1) is 12.4 Å². The second-order valence-electron chi connectivity index (χ2n) is 4.64. The van der Waals surface area contributed by atoms with Crippen molar-refractivity contribution < 1.29 is 4.79 Å². The van der Waals surface area contributed by atoms with E-state index in [0.717, 1.165) is 32.6 Å². The fraction of sp³-hybridized carbons (Fsp3) is 0.429. The number of benzene rings is 1. The minimum Gasteiger partial charge on any atom is -0.337 e. The second kappa shape index (κ2) is 7.13. The average Bonchev–Trinajstić information content (AvgIpc) is 2.63. The van der Waals surface area contributed by atoms with E-state index in [-0.39, 0.29) is 18.3 Å². The Hall–Kier alpha value is -1.57. The molecule has 1 aliphatic heterocycles. The monoisotopic (exact) mass is 279 g/mol. The van der Waals surface area contributed by atoms with Crippen LogP contribution in [0.1, 0.15) is 22.3 Å². The summed E-state index contributed by atoms with van der Waals surface area (Å²) in [6, 6.07) is 8.90. The molecule has 102 valence electrons. The number of nitriles is 1. The highest BCUT2D eigenvalue weighted by molar-refractivity contribution is 5.94. The summed E-state index contributed by atoms with van der Waals surface area (Å²) in [5, 5.41) is 8.73. The molecule has 5 heteroatoms. The molecule has 1 saturated heterocycles. The lowest BCUT2D eigenvalue weighted by molar-refractivity contribution is 0.0763. The number of nitrogens with zero attached hydrogens (tertiary/aromatic N) is 3. The van der Waals surface area contributed by atoms with Crippen molar-refractivity contribution in [3.05, 3.63) is 35.4 Å². The highest BCUT2D eigenvalue weighted by atomic mass is 35.5. The summed E-state index contributed by atoms with van der Waals surface area (Å²) in [6.07, 6.45) is 1.01. The van der Waals surface area contributed by atoms with E-state index in [1.54, 1.807) is 24.3 Å². The van der Waals surface area contributed by atoms with Crippen molar-refractivity contribution in [2.24, 2.45) is 0 Å². The van der Waals surface area contributed by atoms with Gasteiger partial charge < -0.3 is 9.80 Å². The quantitative estimate of drug-likeness (QED) is 0.787. The van der Waals surface area contributed by atoms with Gasteiger partial charge in [0, 0.05) is 25.2 Å². The zero-order valence-electron chi connectivity index (χ0n) is 11.0. The van der Waals surface area contributed by atoms with Gasteiger partial charge in [-0.25, -0.2) is 0 Å². The van der Waals surface area contributed by atoms with Crippen LogP contribution in [0, 0.1) is 11.3 Å². The molecule has 0 aromatic heterocycles. The normalized spacial score (nSPS) is 16.1. The molecule has 0 spiro atoms. The highest BCUT2D eigenvalue weighted by Crippen LogP contribution is 2.09. The zero-order chi connectivity index (χ0) is 13.0. The fourth-order valence-electron chi connectivity index (χ4n) is 2.12. The Morgan fingerprint density at radius 2 is 1.84 bits per heavy atom. The third kappa shape index (κ3) is 3.95. The molecule has 1 heterocycles. The number of likely N-dealkylation sites (N-methyl/N-ethyl adjacent to an activating group) is 1. The molecular formula is C14H18ClN3O. The minimum absolute atomic E-state index is 0. The Bertz CT molecular complexity index is 467. The van der Waals surface area contributed by atoms with Crippen molar-refractivity contribution in [1.29, 1.82) is 5.26 Å². The lowest BCUT2D eigenvalue weighted by Gasteiger charge is -2.20. The summed E-state index contributed by atoms with van der Waals surface area (Å²) in [6.45, 7) is 3.54. The first-order valence-corrected chi connectivity index (χ1v) is 6.18. The van der Waals surface area contributed by atoms with Crippen molar-refractivity contribution in [3.8, 4) is 6.07 Å². The molecule has 1 aromatic rings. The van der Waals surface area contributed by atoms with Crippen LogP contribution in [0.3, 0.4) is 0 Å². The van der Waals surface area contributed by atoms with Gasteiger partial charge in [-0.1, -0.05) is 0 Å². The van der Waals surface area contributed by atoms with Crippen LogP contribution in [0.5, 0.6) is 0 Å². The first-order valence-electron chi connectivity index (χ1n) is 6.18. The third-order valence-electron chi connectivity index (χ3n) is 3.27. The number of hydrogen-bond donors (Lipinski definition) is 0. The molecule has 0 radical (unpaired) electrons. The number of carbonyl (C=O) groups excluding carboxylic acids is 1. The molecule has 1 aromatic carbocycles. The Kier molecular flexibility index (Phi) is 5.81. The average molecular weight is 280 g/mol. The smallest absolute Gasteiger partial charge is 0.253 e. The molecule has 19 heavy (non-hydrogen) atoms. The predicted molar refractivity (Wildman–Crippen MR) is 76.4 cm³/mol. The molecule has 1 amide bonds. The van der Waals surface area contributed by atoms with Crippen molar-refractivity contribution in [3.63, 3.8) is 0 Å². The van der Waals surface area contributed by atoms with Gasteiger partial charge >= 0.3 is 0 Å². The molecule has 1 aliphatic rings. The van der Waals surface area contributed by atoms with Gasteiger partial charge in [-0.05, 0) is 44.3 Å². The third-order valence-corrected chi connectivity index (χ3v) is 3.27. The number of carbonyl (C=O) groups is 1. The van der Waals surface area contributed by atoms with Crippen LogP contribution in [0.15, 0.2) is 24.3 Å². The van der Waals surface area contributed by atoms with Crippen LogP contribution < -0.4 is 0 Å². The van der Waals surface area contributed by atoms with Crippen LogP contribution >= 0.6 is 12.4 Å². The van der Waals surface area contributed by atoms with Gasteiger partial charge in [0.05, 0.1) is 11.6 Å². The standard InChI is InChI=1S/C14H17N3O.ClH/c1-16-7-2-8-17(10-9-16)14(18)13-5-3-12(11-15)4-6-13;/h3-6H,2,7-10H2,1H3;1H. The topological polar surface area (TPSA) is 47.3 Å². The van der Waals surface area contributed by atoms with E-state index in [1.807, 2.05) is 4.90 Å². The largest absolute Gasteiger partial charge is 0.337 e. The molecule has 0 aliphatic carbocycles. The molecule has 0 N–H and O–H groups in total. The van der Waals surface area contributed by atoms with E-state index in [4.69, 9.17) is 5.26 Å². The molecule has 1 fully saturated rings. The van der Waals surface area contributed by atoms with Crippen LogP contribution in [0.4, 0.5) is 0 Å². The number of amides is 1. The molecule has 0 atom stereocenters. The number of hydrogen-bond acceptors (Lipinski definition) is 3. The summed E-state index contributed by atoms with van der Waals surface area (Å²) in [5.74, 6) is 0.0646. The minimum atomic E-state index is 0. The maximum atomic E-state index is 12.3. The molecule has 0 unspecified atom stereocenters. The molecule has 0 saturated carbocycles. The van der Waals surface area contributed by atoms with Gasteiger partial charge in [0.2, 0.25) is 0 Å². The van der Waals surface area contributed by atoms with Crippen molar-refractivity contribution in [1.82, 2.24) is 9.80 Å². The van der Waals surface area contributed by atoms with Crippen molar-refractivity contribution in [2.45, 2.75) is 6.42 Å². The van der Waals surface area contributed by atoms with Gasteiger partial charge in [0.15, 0.2) is 0 Å². The number of rotatable bonds is 1. The Balaban J connectivity index is 0.00000180. The fourth-order valence-corrected chi connectivity index (χ4v) is 2.12. The SMILES string of the molecule is CN1CCCN(C(=O)c2ccc(C#N)cc2)CC1.Cl. The van der Waals surface area contributed by atoms with Crippen LogP contribution in [0.2, 0.25) is 0 Å². The van der Waals surface area contributed by atoms with Crippen LogP contribution in [0.25, 0.3) is 0 Å². The van der Waals surface area contributed by atoms with E-state index in [2.05, 4.69) is 18.0 Å². The van der Waals surface area contributed by atoms with Gasteiger partial charge in [-0.3, -0.25) is 4.79 Å². The molecule has 4 nitrogen and oxygen atoms in total. The van der Waals surface area contributed by atoms with Crippen molar-refractivity contribution in [2.75, 3.05) is 33.2 Å². The summed E-state index contributed by atoms with van der Waals surface area (Å²) in [7, 11) is 2.08. The lowest BCUT2D eigenvalue weighted by atomic mass is 10.1. The van der Waals surface area contributed by atoms with Gasteiger partial charge in [-0.2, -0.15) is 5.26 Å². The maximum Gasteiger partial charge on any atom is 0.253 e. The maximum absolute atomic E-state index is 12.3. The second-order valence-corrected chi connectivity index (χ2v) is 4.64. The summed E-state index contributed by atoms with van der Waals surface area (Å²) >= 11 is 0.